The summed E-state index contributed by atoms with van der Waals surface area (Å²) in [5, 5.41) is 0.547. The largest absolute Gasteiger partial charge is 0.437 e. The van der Waals surface area contributed by atoms with Gasteiger partial charge in [0.2, 0.25) is 5.88 Å². The zero-order chi connectivity index (χ0) is 13.1. The van der Waals surface area contributed by atoms with Gasteiger partial charge in [-0.3, -0.25) is 0 Å². The smallest absolute Gasteiger partial charge is 0.224 e. The summed E-state index contributed by atoms with van der Waals surface area (Å²) in [6.07, 6.45) is 0.697. The number of halogens is 1. The van der Waals surface area contributed by atoms with Crippen molar-refractivity contribution < 1.29 is 4.74 Å². The third-order valence-electron chi connectivity index (χ3n) is 2.39. The third-order valence-corrected chi connectivity index (χ3v) is 2.68. The van der Waals surface area contributed by atoms with Crippen LogP contribution in [0.15, 0.2) is 24.3 Å². The van der Waals surface area contributed by atoms with Crippen molar-refractivity contribution >= 4 is 17.4 Å². The number of rotatable bonds is 3. The van der Waals surface area contributed by atoms with E-state index in [9.17, 15) is 0 Å². The second-order valence-electron chi connectivity index (χ2n) is 3.94. The van der Waals surface area contributed by atoms with Gasteiger partial charge in [-0.15, -0.1) is 0 Å². The summed E-state index contributed by atoms with van der Waals surface area (Å²) < 4.78 is 5.62. The predicted molar refractivity (Wildman–Crippen MR) is 72.1 cm³/mol. The molecule has 0 aliphatic heterocycles. The van der Waals surface area contributed by atoms with E-state index in [2.05, 4.69) is 9.97 Å². The van der Waals surface area contributed by atoms with Gasteiger partial charge in [-0.25, -0.2) is 4.98 Å². The van der Waals surface area contributed by atoms with Crippen LogP contribution in [0.5, 0.6) is 11.6 Å². The van der Waals surface area contributed by atoms with Crippen LogP contribution in [0.2, 0.25) is 5.02 Å². The number of hydrogen-bond acceptors (Lipinski definition) is 4. The Labute approximate surface area is 111 Å². The first-order chi connectivity index (χ1) is 8.58. The Hall–Kier alpha value is -1.81. The lowest BCUT2D eigenvalue weighted by Crippen LogP contribution is -2.00. The molecule has 1 aromatic carbocycles. The van der Waals surface area contributed by atoms with E-state index in [1.54, 1.807) is 6.07 Å². The van der Waals surface area contributed by atoms with Gasteiger partial charge in [0.05, 0.1) is 5.02 Å². The Morgan fingerprint density at radius 1 is 1.28 bits per heavy atom. The average Bonchev–Trinajstić information content (AvgIpc) is 2.32. The van der Waals surface area contributed by atoms with Crippen LogP contribution in [0, 0.1) is 6.92 Å². The molecular formula is C13H14ClN3O. The Morgan fingerprint density at radius 3 is 2.72 bits per heavy atom. The van der Waals surface area contributed by atoms with Crippen molar-refractivity contribution in [2.75, 3.05) is 5.73 Å². The highest BCUT2D eigenvalue weighted by Crippen LogP contribution is 2.29. The molecule has 2 aromatic rings. The molecule has 18 heavy (non-hydrogen) atoms. The van der Waals surface area contributed by atoms with Crippen molar-refractivity contribution in [3.63, 3.8) is 0 Å². The highest BCUT2D eigenvalue weighted by molar-refractivity contribution is 6.32. The second kappa shape index (κ2) is 5.23. The molecule has 4 nitrogen and oxygen atoms in total. The lowest BCUT2D eigenvalue weighted by Gasteiger charge is -2.08. The zero-order valence-electron chi connectivity index (χ0n) is 10.3. The van der Waals surface area contributed by atoms with E-state index in [4.69, 9.17) is 22.1 Å². The van der Waals surface area contributed by atoms with E-state index < -0.39 is 0 Å². The van der Waals surface area contributed by atoms with Gasteiger partial charge in [-0.1, -0.05) is 24.6 Å². The van der Waals surface area contributed by atoms with Crippen molar-refractivity contribution in [2.45, 2.75) is 20.3 Å². The highest BCUT2D eigenvalue weighted by Gasteiger charge is 2.07. The first kappa shape index (κ1) is 12.6. The molecule has 0 radical (unpaired) electrons. The molecule has 0 fully saturated rings. The minimum absolute atomic E-state index is 0.389. The maximum Gasteiger partial charge on any atom is 0.224 e. The molecule has 0 unspecified atom stereocenters. The molecule has 0 atom stereocenters. The molecule has 1 aromatic heterocycles. The predicted octanol–water partition coefficient (Wildman–Crippen LogP) is 3.38. The Kier molecular flexibility index (Phi) is 3.67. The molecule has 0 amide bonds. The lowest BCUT2D eigenvalue weighted by atomic mass is 10.2. The average molecular weight is 264 g/mol. The molecule has 0 saturated carbocycles. The monoisotopic (exact) mass is 263 g/mol. The molecule has 0 aliphatic rings. The number of hydrogen-bond donors (Lipinski definition) is 1. The van der Waals surface area contributed by atoms with Crippen LogP contribution in [0.3, 0.4) is 0 Å². The summed E-state index contributed by atoms with van der Waals surface area (Å²) >= 11 is 6.09. The normalized spacial score (nSPS) is 10.4. The van der Waals surface area contributed by atoms with Gasteiger partial charge >= 0.3 is 0 Å². The second-order valence-corrected chi connectivity index (χ2v) is 4.34. The third kappa shape index (κ3) is 2.90. The lowest BCUT2D eigenvalue weighted by molar-refractivity contribution is 0.459. The fourth-order valence-corrected chi connectivity index (χ4v) is 1.78. The van der Waals surface area contributed by atoms with Crippen LogP contribution in [0.4, 0.5) is 5.82 Å². The minimum atomic E-state index is 0.389. The van der Waals surface area contributed by atoms with Gasteiger partial charge in [0, 0.05) is 12.5 Å². The SMILES string of the molecule is CCc1nc(N)cc(Oc2ccc(C)cc2Cl)n1. The maximum absolute atomic E-state index is 6.09. The van der Waals surface area contributed by atoms with E-state index in [1.165, 1.54) is 0 Å². The van der Waals surface area contributed by atoms with E-state index >= 15 is 0 Å². The quantitative estimate of drug-likeness (QED) is 0.922. The van der Waals surface area contributed by atoms with Crippen LogP contribution in [0.25, 0.3) is 0 Å². The summed E-state index contributed by atoms with van der Waals surface area (Å²) in [6, 6.07) is 7.14. The van der Waals surface area contributed by atoms with Crippen molar-refractivity contribution in [3.8, 4) is 11.6 Å². The van der Waals surface area contributed by atoms with Gasteiger partial charge in [0.25, 0.3) is 0 Å². The number of ether oxygens (including phenoxy) is 1. The molecule has 0 bridgehead atoms. The van der Waals surface area contributed by atoms with Crippen LogP contribution in [0.1, 0.15) is 18.3 Å². The van der Waals surface area contributed by atoms with Crippen LogP contribution in [-0.4, -0.2) is 9.97 Å². The maximum atomic E-state index is 6.09. The molecular weight excluding hydrogens is 250 g/mol. The summed E-state index contributed by atoms with van der Waals surface area (Å²) in [5.74, 6) is 2.00. The fraction of sp³-hybridized carbons (Fsp3) is 0.231. The van der Waals surface area contributed by atoms with Gasteiger partial charge in [-0.2, -0.15) is 4.98 Å². The summed E-state index contributed by atoms with van der Waals surface area (Å²) in [5.41, 5.74) is 6.76. The number of aromatic nitrogens is 2. The molecule has 94 valence electrons. The first-order valence-electron chi connectivity index (χ1n) is 5.66. The number of benzene rings is 1. The topological polar surface area (TPSA) is 61.0 Å². The molecule has 0 spiro atoms. The molecule has 0 aliphatic carbocycles. The fourth-order valence-electron chi connectivity index (χ4n) is 1.50. The Balaban J connectivity index is 2.30. The van der Waals surface area contributed by atoms with E-state index in [-0.39, 0.29) is 0 Å². The summed E-state index contributed by atoms with van der Waals surface area (Å²) in [6.45, 7) is 3.92. The van der Waals surface area contributed by atoms with Crippen molar-refractivity contribution in [1.82, 2.24) is 9.97 Å². The molecule has 2 rings (SSSR count). The summed E-state index contributed by atoms with van der Waals surface area (Å²) in [4.78, 5) is 8.32. The first-order valence-corrected chi connectivity index (χ1v) is 6.03. The molecule has 0 saturated heterocycles. The number of nitrogen functional groups attached to an aromatic ring is 1. The van der Waals surface area contributed by atoms with E-state index in [0.717, 1.165) is 5.56 Å². The van der Waals surface area contributed by atoms with Crippen molar-refractivity contribution in [3.05, 3.63) is 40.7 Å². The Morgan fingerprint density at radius 2 is 2.06 bits per heavy atom. The number of aryl methyl sites for hydroxylation is 2. The van der Waals surface area contributed by atoms with Crippen LogP contribution >= 0.6 is 11.6 Å². The zero-order valence-corrected chi connectivity index (χ0v) is 11.0. The Bertz CT molecular complexity index is 572. The molecule has 2 N–H and O–H groups in total. The van der Waals surface area contributed by atoms with Crippen LogP contribution < -0.4 is 10.5 Å². The molecule has 5 heteroatoms. The minimum Gasteiger partial charge on any atom is -0.437 e. The van der Waals surface area contributed by atoms with Gasteiger partial charge in [-0.05, 0) is 24.6 Å². The summed E-state index contributed by atoms with van der Waals surface area (Å²) in [7, 11) is 0. The van der Waals surface area contributed by atoms with Crippen molar-refractivity contribution in [2.24, 2.45) is 0 Å². The number of nitrogens with two attached hydrogens (primary N) is 1. The van der Waals surface area contributed by atoms with Crippen molar-refractivity contribution in [1.29, 1.82) is 0 Å². The number of nitrogens with zero attached hydrogens (tertiary/aromatic N) is 2. The van der Waals surface area contributed by atoms with Gasteiger partial charge in [0.1, 0.15) is 17.4 Å². The van der Waals surface area contributed by atoms with E-state index in [1.807, 2.05) is 32.0 Å². The highest BCUT2D eigenvalue weighted by atomic mass is 35.5. The van der Waals surface area contributed by atoms with Crippen LogP contribution in [-0.2, 0) is 6.42 Å². The number of anilines is 1. The molecule has 1 heterocycles. The van der Waals surface area contributed by atoms with E-state index in [0.29, 0.717) is 34.7 Å². The standard InChI is InChI=1S/C13H14ClN3O/c1-3-12-16-11(15)7-13(17-12)18-10-5-4-8(2)6-9(10)14/h4-7H,3H2,1-2H3,(H2,15,16,17). The van der Waals surface area contributed by atoms with Gasteiger partial charge < -0.3 is 10.5 Å². The van der Waals surface area contributed by atoms with Gasteiger partial charge in [0.15, 0.2) is 0 Å².